The molecular formula is C18H22N6O3. The van der Waals surface area contributed by atoms with Gasteiger partial charge in [-0.1, -0.05) is 6.07 Å². The molecule has 1 saturated heterocycles. The lowest BCUT2D eigenvalue weighted by Gasteiger charge is -2.19. The number of anilines is 2. The van der Waals surface area contributed by atoms with Crippen LogP contribution in [-0.2, 0) is 9.59 Å². The Labute approximate surface area is 156 Å². The molecule has 0 spiro atoms. The Balaban J connectivity index is 1.83. The Morgan fingerprint density at radius 1 is 1.33 bits per heavy atom. The quantitative estimate of drug-likeness (QED) is 0.664. The summed E-state index contributed by atoms with van der Waals surface area (Å²) in [5.74, 6) is 0.810. The van der Waals surface area contributed by atoms with Crippen LogP contribution < -0.4 is 15.5 Å². The number of hydrogen-bond acceptors (Lipinski definition) is 7. The van der Waals surface area contributed by atoms with Crippen LogP contribution in [0.2, 0.25) is 0 Å². The van der Waals surface area contributed by atoms with Crippen molar-refractivity contribution in [3.05, 3.63) is 30.5 Å². The Kier molecular flexibility index (Phi) is 5.80. The van der Waals surface area contributed by atoms with Gasteiger partial charge in [-0.2, -0.15) is 0 Å². The lowest BCUT2D eigenvalue weighted by atomic mass is 10.2. The van der Waals surface area contributed by atoms with Gasteiger partial charge in [-0.25, -0.2) is 9.97 Å². The van der Waals surface area contributed by atoms with Crippen molar-refractivity contribution in [2.45, 2.75) is 25.8 Å². The molecule has 0 bridgehead atoms. The number of pyridine rings is 1. The summed E-state index contributed by atoms with van der Waals surface area (Å²) in [7, 11) is 0. The Bertz CT molecular complexity index is 814. The maximum Gasteiger partial charge on any atom is 0.305 e. The van der Waals surface area contributed by atoms with Gasteiger partial charge in [0.2, 0.25) is 5.91 Å². The predicted octanol–water partition coefficient (Wildman–Crippen LogP) is 1.14. The van der Waals surface area contributed by atoms with Gasteiger partial charge in [0, 0.05) is 44.9 Å². The maximum absolute atomic E-state index is 11.3. The van der Waals surface area contributed by atoms with Crippen LogP contribution in [0.15, 0.2) is 30.5 Å². The molecule has 0 saturated carbocycles. The van der Waals surface area contributed by atoms with Crippen LogP contribution in [0, 0.1) is 0 Å². The molecule has 3 heterocycles. The number of amides is 1. The van der Waals surface area contributed by atoms with Gasteiger partial charge in [-0.05, 0) is 18.6 Å². The molecule has 27 heavy (non-hydrogen) atoms. The lowest BCUT2D eigenvalue weighted by Crippen LogP contribution is -2.35. The Morgan fingerprint density at radius 3 is 2.89 bits per heavy atom. The van der Waals surface area contributed by atoms with Crippen LogP contribution in [-0.4, -0.2) is 57.6 Å². The molecule has 0 aromatic carbocycles. The van der Waals surface area contributed by atoms with Crippen molar-refractivity contribution < 1.29 is 14.7 Å². The van der Waals surface area contributed by atoms with E-state index in [1.165, 1.54) is 6.92 Å². The summed E-state index contributed by atoms with van der Waals surface area (Å²) in [4.78, 5) is 37.5. The first-order valence-corrected chi connectivity index (χ1v) is 8.79. The van der Waals surface area contributed by atoms with Crippen molar-refractivity contribution in [2.24, 2.45) is 0 Å². The normalized spacial score (nSPS) is 16.2. The molecule has 9 heteroatoms. The summed E-state index contributed by atoms with van der Waals surface area (Å²) >= 11 is 0. The van der Waals surface area contributed by atoms with E-state index >= 15 is 0 Å². The zero-order valence-electron chi connectivity index (χ0n) is 15.1. The molecule has 1 unspecified atom stereocenters. The highest BCUT2D eigenvalue weighted by Crippen LogP contribution is 2.24. The zero-order chi connectivity index (χ0) is 19.2. The van der Waals surface area contributed by atoms with Crippen molar-refractivity contribution in [1.29, 1.82) is 0 Å². The number of aliphatic carboxylic acids is 1. The van der Waals surface area contributed by atoms with Crippen molar-refractivity contribution >= 4 is 23.5 Å². The molecule has 1 atom stereocenters. The molecule has 3 N–H and O–H groups in total. The van der Waals surface area contributed by atoms with Crippen LogP contribution in [0.4, 0.5) is 11.6 Å². The van der Waals surface area contributed by atoms with Gasteiger partial charge in [0.15, 0.2) is 5.82 Å². The van der Waals surface area contributed by atoms with Crippen LogP contribution in [0.5, 0.6) is 0 Å². The van der Waals surface area contributed by atoms with Crippen molar-refractivity contribution in [2.75, 3.05) is 29.9 Å². The number of nitrogens with zero attached hydrogens (tertiary/aromatic N) is 4. The fraction of sp³-hybridized carbons (Fsp3) is 0.389. The number of carbonyl (C=O) groups is 2. The van der Waals surface area contributed by atoms with E-state index in [2.05, 4.69) is 30.5 Å². The van der Waals surface area contributed by atoms with E-state index in [4.69, 9.17) is 5.11 Å². The number of hydrogen-bond donors (Lipinski definition) is 3. The van der Waals surface area contributed by atoms with Crippen LogP contribution >= 0.6 is 0 Å². The Morgan fingerprint density at radius 2 is 2.19 bits per heavy atom. The molecule has 9 nitrogen and oxygen atoms in total. The monoisotopic (exact) mass is 370 g/mol. The maximum atomic E-state index is 11.3. The second-order valence-corrected chi connectivity index (χ2v) is 6.35. The number of carboxylic acids is 1. The first-order valence-electron chi connectivity index (χ1n) is 8.79. The van der Waals surface area contributed by atoms with Crippen molar-refractivity contribution in [1.82, 2.24) is 20.3 Å². The van der Waals surface area contributed by atoms with E-state index in [0.717, 1.165) is 18.8 Å². The van der Waals surface area contributed by atoms with Gasteiger partial charge in [0.25, 0.3) is 0 Å². The fourth-order valence-corrected chi connectivity index (χ4v) is 2.97. The third-order valence-corrected chi connectivity index (χ3v) is 4.17. The molecule has 1 amide bonds. The minimum Gasteiger partial charge on any atom is -0.481 e. The topological polar surface area (TPSA) is 120 Å². The van der Waals surface area contributed by atoms with Gasteiger partial charge in [0.05, 0.1) is 6.42 Å². The first-order chi connectivity index (χ1) is 13.0. The fourth-order valence-electron chi connectivity index (χ4n) is 2.97. The molecule has 2 aromatic rings. The zero-order valence-corrected chi connectivity index (χ0v) is 15.1. The number of carboxylic acid groups (broad SMARTS) is 1. The lowest BCUT2D eigenvalue weighted by molar-refractivity contribution is -0.136. The smallest absolute Gasteiger partial charge is 0.305 e. The number of nitrogens with one attached hydrogen (secondary N) is 2. The average molecular weight is 370 g/mol. The number of carbonyl (C=O) groups excluding carboxylic acids is 1. The standard InChI is InChI=1S/C18H22N6O3/c1-12(25)21-13-6-9-24(11-13)16-10-15(20-8-5-17(26)27)22-18(23-16)14-4-2-3-7-19-14/h2-4,7,10,13H,5-6,8-9,11H2,1H3,(H,21,25)(H,26,27)(H,20,22,23). The van der Waals surface area contributed by atoms with Gasteiger partial charge < -0.3 is 20.6 Å². The van der Waals surface area contributed by atoms with Crippen molar-refractivity contribution in [3.63, 3.8) is 0 Å². The molecule has 0 aliphatic carbocycles. The van der Waals surface area contributed by atoms with E-state index in [9.17, 15) is 9.59 Å². The predicted molar refractivity (Wildman–Crippen MR) is 100 cm³/mol. The SMILES string of the molecule is CC(=O)NC1CCN(c2cc(NCCC(=O)O)nc(-c3ccccn3)n2)C1. The highest BCUT2D eigenvalue weighted by Gasteiger charge is 2.25. The minimum absolute atomic E-state index is 0.00736. The molecule has 142 valence electrons. The molecule has 1 aliphatic heterocycles. The van der Waals surface area contributed by atoms with Crippen LogP contribution in [0.1, 0.15) is 19.8 Å². The summed E-state index contributed by atoms with van der Waals surface area (Å²) in [6.07, 6.45) is 2.50. The van der Waals surface area contributed by atoms with Crippen molar-refractivity contribution in [3.8, 4) is 11.5 Å². The molecule has 2 aromatic heterocycles. The molecule has 3 rings (SSSR count). The summed E-state index contributed by atoms with van der Waals surface area (Å²) < 4.78 is 0. The van der Waals surface area contributed by atoms with Gasteiger partial charge in [-0.15, -0.1) is 0 Å². The highest BCUT2D eigenvalue weighted by molar-refractivity contribution is 5.73. The van der Waals surface area contributed by atoms with Gasteiger partial charge in [-0.3, -0.25) is 14.6 Å². The van der Waals surface area contributed by atoms with Crippen LogP contribution in [0.25, 0.3) is 11.5 Å². The number of aromatic nitrogens is 3. The molecule has 0 radical (unpaired) electrons. The van der Waals surface area contributed by atoms with Gasteiger partial charge >= 0.3 is 5.97 Å². The van der Waals surface area contributed by atoms with E-state index in [1.807, 2.05) is 18.2 Å². The largest absolute Gasteiger partial charge is 0.481 e. The van der Waals surface area contributed by atoms with Gasteiger partial charge in [0.1, 0.15) is 17.3 Å². The summed E-state index contributed by atoms with van der Waals surface area (Å²) in [5, 5.41) is 14.8. The molecule has 1 aliphatic rings. The van der Waals surface area contributed by atoms with E-state index in [-0.39, 0.29) is 24.9 Å². The minimum atomic E-state index is -0.876. The second-order valence-electron chi connectivity index (χ2n) is 6.35. The highest BCUT2D eigenvalue weighted by atomic mass is 16.4. The van der Waals surface area contributed by atoms with E-state index in [1.54, 1.807) is 12.3 Å². The summed E-state index contributed by atoms with van der Waals surface area (Å²) in [5.41, 5.74) is 0.637. The third-order valence-electron chi connectivity index (χ3n) is 4.17. The van der Waals surface area contributed by atoms with Crippen LogP contribution in [0.3, 0.4) is 0 Å². The first kappa shape index (κ1) is 18.6. The summed E-state index contributed by atoms with van der Waals surface area (Å²) in [6, 6.07) is 7.38. The van der Waals surface area contributed by atoms with E-state index in [0.29, 0.717) is 23.9 Å². The Hall–Kier alpha value is -3.23. The average Bonchev–Trinajstić information content (AvgIpc) is 3.10. The number of rotatable bonds is 7. The summed E-state index contributed by atoms with van der Waals surface area (Å²) in [6.45, 7) is 3.20. The third kappa shape index (κ3) is 5.13. The van der Waals surface area contributed by atoms with E-state index < -0.39 is 5.97 Å². The second kappa shape index (κ2) is 8.43. The molecular weight excluding hydrogens is 348 g/mol. The molecule has 1 fully saturated rings.